The van der Waals surface area contributed by atoms with E-state index in [-0.39, 0.29) is 24.5 Å². The fourth-order valence-corrected chi connectivity index (χ4v) is 2.17. The first kappa shape index (κ1) is 14.6. The van der Waals surface area contributed by atoms with E-state index in [0.717, 1.165) is 17.5 Å². The molecule has 1 aromatic carbocycles. The predicted octanol–water partition coefficient (Wildman–Crippen LogP) is 1.07. The number of nitrogens with one attached hydrogen (secondary N) is 1. The van der Waals surface area contributed by atoms with E-state index >= 15 is 0 Å². The van der Waals surface area contributed by atoms with E-state index in [9.17, 15) is 4.79 Å². The van der Waals surface area contributed by atoms with Gasteiger partial charge in [0.05, 0.1) is 0 Å². The molecule has 4 nitrogen and oxygen atoms in total. The molecule has 1 fully saturated rings. The molecule has 0 spiro atoms. The van der Waals surface area contributed by atoms with Gasteiger partial charge in [-0.2, -0.15) is 0 Å². The number of rotatable bonds is 3. The maximum Gasteiger partial charge on any atom is 0.249 e. The number of carbonyl (C=O) groups excluding carboxylic acids is 1. The topological polar surface area (TPSA) is 58.6 Å². The summed E-state index contributed by atoms with van der Waals surface area (Å²) in [5, 5.41) is 11.5. The summed E-state index contributed by atoms with van der Waals surface area (Å²) in [4.78, 5) is 12.0. The maximum atomic E-state index is 12.0. The molecule has 2 unspecified atom stereocenters. The molecule has 2 rings (SSSR count). The van der Waals surface area contributed by atoms with Crippen LogP contribution in [-0.2, 0) is 16.1 Å². The highest BCUT2D eigenvalue weighted by Crippen LogP contribution is 2.20. The highest BCUT2D eigenvalue weighted by atomic mass is 16.5. The van der Waals surface area contributed by atoms with E-state index in [4.69, 9.17) is 9.84 Å². The van der Waals surface area contributed by atoms with Gasteiger partial charge in [-0.1, -0.05) is 30.9 Å². The normalized spacial score (nSPS) is 21.1. The molecule has 106 valence electrons. The van der Waals surface area contributed by atoms with Crippen molar-refractivity contribution in [1.29, 1.82) is 0 Å². The van der Waals surface area contributed by atoms with Gasteiger partial charge in [0, 0.05) is 18.7 Å². The lowest BCUT2D eigenvalue weighted by Gasteiger charge is -2.14. The Balaban J connectivity index is 1.86. The molecule has 1 amide bonds. The van der Waals surface area contributed by atoms with Crippen LogP contribution in [0.4, 0.5) is 0 Å². The number of amides is 1. The van der Waals surface area contributed by atoms with Crippen molar-refractivity contribution >= 4 is 5.91 Å². The molecular weight excluding hydrogens is 254 g/mol. The van der Waals surface area contributed by atoms with Crippen molar-refractivity contribution in [2.75, 3.05) is 13.2 Å². The molecule has 1 aliphatic rings. The smallest absolute Gasteiger partial charge is 0.249 e. The second kappa shape index (κ2) is 7.09. The number of hydrogen-bond acceptors (Lipinski definition) is 3. The molecule has 20 heavy (non-hydrogen) atoms. The van der Waals surface area contributed by atoms with Crippen LogP contribution in [0.25, 0.3) is 0 Å². The highest BCUT2D eigenvalue weighted by molar-refractivity contribution is 5.81. The van der Waals surface area contributed by atoms with Gasteiger partial charge in [-0.25, -0.2) is 0 Å². The van der Waals surface area contributed by atoms with E-state index in [1.807, 2.05) is 31.2 Å². The largest absolute Gasteiger partial charge is 0.384 e. The fourth-order valence-electron chi connectivity index (χ4n) is 2.17. The van der Waals surface area contributed by atoms with Crippen LogP contribution in [-0.4, -0.2) is 30.3 Å². The lowest BCUT2D eigenvalue weighted by Crippen LogP contribution is -2.36. The molecular formula is C16H19NO3. The van der Waals surface area contributed by atoms with Crippen LogP contribution in [0.5, 0.6) is 0 Å². The molecule has 1 heterocycles. The van der Waals surface area contributed by atoms with Gasteiger partial charge in [-0.15, -0.1) is 0 Å². The first-order valence-electron chi connectivity index (χ1n) is 6.78. The number of aliphatic hydroxyl groups excluding tert-OH is 1. The molecule has 1 saturated heterocycles. The number of ether oxygens (including phenoxy) is 1. The molecule has 0 aromatic heterocycles. The van der Waals surface area contributed by atoms with E-state index in [0.29, 0.717) is 13.2 Å². The minimum Gasteiger partial charge on any atom is -0.384 e. The molecule has 0 radical (unpaired) electrons. The Morgan fingerprint density at radius 3 is 2.80 bits per heavy atom. The van der Waals surface area contributed by atoms with Gasteiger partial charge in [0.1, 0.15) is 12.7 Å². The van der Waals surface area contributed by atoms with E-state index in [2.05, 4.69) is 17.2 Å². The van der Waals surface area contributed by atoms with Crippen molar-refractivity contribution < 1.29 is 14.6 Å². The van der Waals surface area contributed by atoms with Crippen molar-refractivity contribution in [2.45, 2.75) is 26.0 Å². The SMILES string of the molecule is CC1CCOC1C(=O)NCc1ccc(C#CCO)cc1. The Labute approximate surface area is 119 Å². The first-order valence-corrected chi connectivity index (χ1v) is 6.78. The second-order valence-electron chi connectivity index (χ2n) is 4.93. The van der Waals surface area contributed by atoms with Gasteiger partial charge in [0.25, 0.3) is 0 Å². The third kappa shape index (κ3) is 3.83. The minimum atomic E-state index is -0.315. The third-order valence-electron chi connectivity index (χ3n) is 3.38. The lowest BCUT2D eigenvalue weighted by molar-refractivity contribution is -0.131. The standard InChI is InChI=1S/C16H19NO3/c1-12-8-10-20-15(12)16(19)17-11-14-6-4-13(5-7-14)3-2-9-18/h4-7,12,15,18H,8-11H2,1H3,(H,17,19). The van der Waals surface area contributed by atoms with Crippen LogP contribution in [0.3, 0.4) is 0 Å². The van der Waals surface area contributed by atoms with Crippen molar-refractivity contribution in [3.05, 3.63) is 35.4 Å². The maximum absolute atomic E-state index is 12.0. The number of hydrogen-bond donors (Lipinski definition) is 2. The second-order valence-corrected chi connectivity index (χ2v) is 4.93. The zero-order valence-electron chi connectivity index (χ0n) is 11.6. The monoisotopic (exact) mass is 273 g/mol. The summed E-state index contributed by atoms with van der Waals surface area (Å²) in [6, 6.07) is 7.58. The predicted molar refractivity (Wildman–Crippen MR) is 75.8 cm³/mol. The van der Waals surface area contributed by atoms with Gasteiger partial charge >= 0.3 is 0 Å². The zero-order valence-corrected chi connectivity index (χ0v) is 11.6. The van der Waals surface area contributed by atoms with E-state index in [1.165, 1.54) is 0 Å². The summed E-state index contributed by atoms with van der Waals surface area (Å²) in [6.45, 7) is 3.04. The average molecular weight is 273 g/mol. The third-order valence-corrected chi connectivity index (χ3v) is 3.38. The Morgan fingerprint density at radius 1 is 1.45 bits per heavy atom. The Bertz CT molecular complexity index is 513. The quantitative estimate of drug-likeness (QED) is 0.810. The number of benzene rings is 1. The Morgan fingerprint density at radius 2 is 2.20 bits per heavy atom. The molecule has 1 aliphatic heterocycles. The van der Waals surface area contributed by atoms with Gasteiger partial charge in [-0.05, 0) is 30.0 Å². The summed E-state index contributed by atoms with van der Waals surface area (Å²) in [5.41, 5.74) is 1.86. The number of carbonyl (C=O) groups is 1. The number of aliphatic hydroxyl groups is 1. The summed E-state index contributed by atoms with van der Waals surface area (Å²) in [6.07, 6.45) is 0.626. The first-order chi connectivity index (χ1) is 9.70. The van der Waals surface area contributed by atoms with Gasteiger partial charge < -0.3 is 15.2 Å². The van der Waals surface area contributed by atoms with Crippen LogP contribution in [0.2, 0.25) is 0 Å². The van der Waals surface area contributed by atoms with Crippen LogP contribution < -0.4 is 5.32 Å². The molecule has 2 N–H and O–H groups in total. The highest BCUT2D eigenvalue weighted by Gasteiger charge is 2.30. The molecule has 0 bridgehead atoms. The summed E-state index contributed by atoms with van der Waals surface area (Å²) >= 11 is 0. The van der Waals surface area contributed by atoms with E-state index in [1.54, 1.807) is 0 Å². The summed E-state index contributed by atoms with van der Waals surface area (Å²) in [7, 11) is 0. The van der Waals surface area contributed by atoms with Crippen molar-refractivity contribution in [1.82, 2.24) is 5.32 Å². The summed E-state index contributed by atoms with van der Waals surface area (Å²) in [5.74, 6) is 5.67. The molecule has 0 aliphatic carbocycles. The minimum absolute atomic E-state index is 0.0425. The zero-order chi connectivity index (χ0) is 14.4. The molecule has 2 atom stereocenters. The van der Waals surface area contributed by atoms with Gasteiger partial charge in [-0.3, -0.25) is 4.79 Å². The van der Waals surface area contributed by atoms with Crippen molar-refractivity contribution in [3.63, 3.8) is 0 Å². The van der Waals surface area contributed by atoms with Crippen LogP contribution >= 0.6 is 0 Å². The summed E-state index contributed by atoms with van der Waals surface area (Å²) < 4.78 is 5.42. The van der Waals surface area contributed by atoms with E-state index < -0.39 is 0 Å². The molecule has 4 heteroatoms. The average Bonchev–Trinajstić information content (AvgIpc) is 2.90. The Hall–Kier alpha value is -1.83. The Kier molecular flexibility index (Phi) is 5.16. The molecule has 1 aromatic rings. The van der Waals surface area contributed by atoms with Gasteiger partial charge in [0.2, 0.25) is 5.91 Å². The van der Waals surface area contributed by atoms with Crippen LogP contribution in [0.15, 0.2) is 24.3 Å². The van der Waals surface area contributed by atoms with Crippen LogP contribution in [0.1, 0.15) is 24.5 Å². The molecule has 0 saturated carbocycles. The fraction of sp³-hybridized carbons (Fsp3) is 0.438. The van der Waals surface area contributed by atoms with Crippen molar-refractivity contribution in [2.24, 2.45) is 5.92 Å². The van der Waals surface area contributed by atoms with Gasteiger partial charge in [0.15, 0.2) is 0 Å². The lowest BCUT2D eigenvalue weighted by atomic mass is 10.0. The van der Waals surface area contributed by atoms with Crippen LogP contribution in [0, 0.1) is 17.8 Å². The van der Waals surface area contributed by atoms with Crippen molar-refractivity contribution in [3.8, 4) is 11.8 Å².